The van der Waals surface area contributed by atoms with E-state index in [2.05, 4.69) is 48.5 Å². The highest BCUT2D eigenvalue weighted by Gasteiger charge is 2.30. The molecular formula is C28H34BrN3O3S. The second kappa shape index (κ2) is 10.6. The van der Waals surface area contributed by atoms with E-state index in [1.165, 1.54) is 9.87 Å². The van der Waals surface area contributed by atoms with Gasteiger partial charge >= 0.3 is 0 Å². The lowest BCUT2D eigenvalue weighted by atomic mass is 10.0. The maximum Gasteiger partial charge on any atom is 0.253 e. The molecule has 3 aromatic carbocycles. The van der Waals surface area contributed by atoms with Crippen LogP contribution in [0, 0.1) is 0 Å². The van der Waals surface area contributed by atoms with Crippen molar-refractivity contribution in [3.63, 3.8) is 0 Å². The summed E-state index contributed by atoms with van der Waals surface area (Å²) < 4.78 is 29.0. The van der Waals surface area contributed by atoms with Crippen molar-refractivity contribution in [3.8, 4) is 0 Å². The van der Waals surface area contributed by atoms with Gasteiger partial charge in [0.1, 0.15) is 0 Å². The molecule has 1 aliphatic heterocycles. The first-order chi connectivity index (χ1) is 17.0. The Hall–Kier alpha value is -2.26. The molecule has 0 saturated carbocycles. The summed E-state index contributed by atoms with van der Waals surface area (Å²) in [7, 11) is -3.63. The Labute approximate surface area is 223 Å². The van der Waals surface area contributed by atoms with Crippen molar-refractivity contribution in [2.24, 2.45) is 0 Å². The van der Waals surface area contributed by atoms with E-state index < -0.39 is 10.0 Å². The van der Waals surface area contributed by atoms with Crippen molar-refractivity contribution >= 4 is 42.6 Å². The number of carbonyl (C=O) groups is 1. The van der Waals surface area contributed by atoms with Crippen LogP contribution in [-0.2, 0) is 16.6 Å². The molecule has 1 amide bonds. The highest BCUT2D eigenvalue weighted by Crippen LogP contribution is 2.25. The number of sulfonamides is 1. The van der Waals surface area contributed by atoms with Crippen LogP contribution in [0.3, 0.4) is 0 Å². The molecule has 0 unspecified atom stereocenters. The lowest BCUT2D eigenvalue weighted by molar-refractivity contribution is 0.0697. The van der Waals surface area contributed by atoms with E-state index in [9.17, 15) is 13.2 Å². The van der Waals surface area contributed by atoms with Crippen molar-refractivity contribution < 1.29 is 13.2 Å². The molecule has 1 saturated heterocycles. The van der Waals surface area contributed by atoms with E-state index in [-0.39, 0.29) is 29.4 Å². The fourth-order valence-corrected chi connectivity index (χ4v) is 6.45. The SMILES string of the molecule is CCN(Cc1ccc(C(=O)N2CCN(S(=O)(=O)c3ccc4cc(Br)ccc4c3)CC2)cc1)C(C)(C)C. The number of benzene rings is 3. The molecule has 0 N–H and O–H groups in total. The number of amides is 1. The van der Waals surface area contributed by atoms with Crippen molar-refractivity contribution in [2.45, 2.75) is 44.7 Å². The van der Waals surface area contributed by atoms with Gasteiger partial charge in [-0.3, -0.25) is 9.69 Å². The lowest BCUT2D eigenvalue weighted by Gasteiger charge is -2.35. The van der Waals surface area contributed by atoms with Crippen molar-refractivity contribution in [1.82, 2.24) is 14.1 Å². The summed E-state index contributed by atoms with van der Waals surface area (Å²) in [5.41, 5.74) is 1.88. The molecule has 0 radical (unpaired) electrons. The number of halogens is 1. The van der Waals surface area contributed by atoms with E-state index in [1.807, 2.05) is 48.5 Å². The summed E-state index contributed by atoms with van der Waals surface area (Å²) in [6.45, 7) is 11.8. The molecule has 8 heteroatoms. The van der Waals surface area contributed by atoms with Gasteiger partial charge in [-0.2, -0.15) is 4.31 Å². The maximum absolute atomic E-state index is 13.3. The van der Waals surface area contributed by atoms with Crippen LogP contribution in [0.1, 0.15) is 43.6 Å². The first-order valence-corrected chi connectivity index (χ1v) is 14.5. The van der Waals surface area contributed by atoms with Crippen LogP contribution in [0.15, 0.2) is 70.0 Å². The Bertz CT molecular complexity index is 1340. The summed E-state index contributed by atoms with van der Waals surface area (Å²) in [5.74, 6) is -0.0574. The van der Waals surface area contributed by atoms with Crippen LogP contribution in [-0.4, -0.2) is 66.7 Å². The highest BCUT2D eigenvalue weighted by atomic mass is 79.9. The lowest BCUT2D eigenvalue weighted by Crippen LogP contribution is -2.50. The second-order valence-electron chi connectivity index (χ2n) is 10.2. The number of hydrogen-bond donors (Lipinski definition) is 0. The molecule has 36 heavy (non-hydrogen) atoms. The van der Waals surface area contributed by atoms with Crippen molar-refractivity contribution in [1.29, 1.82) is 0 Å². The third-order valence-electron chi connectivity index (χ3n) is 6.84. The molecule has 3 aromatic rings. The minimum Gasteiger partial charge on any atom is -0.336 e. The number of carbonyl (C=O) groups excluding carboxylic acids is 1. The molecule has 0 atom stereocenters. The van der Waals surface area contributed by atoms with Gasteiger partial charge in [0.15, 0.2) is 0 Å². The number of piperazine rings is 1. The van der Waals surface area contributed by atoms with Crippen LogP contribution in [0.5, 0.6) is 0 Å². The summed E-state index contributed by atoms with van der Waals surface area (Å²) in [6, 6.07) is 18.8. The fourth-order valence-electron chi connectivity index (χ4n) is 4.61. The minimum absolute atomic E-state index is 0.0574. The van der Waals surface area contributed by atoms with E-state index in [4.69, 9.17) is 0 Å². The Morgan fingerprint density at radius 2 is 1.53 bits per heavy atom. The van der Waals surface area contributed by atoms with Gasteiger partial charge in [-0.15, -0.1) is 0 Å². The number of nitrogens with zero attached hydrogens (tertiary/aromatic N) is 3. The van der Waals surface area contributed by atoms with Gasteiger partial charge in [0.05, 0.1) is 4.90 Å². The van der Waals surface area contributed by atoms with E-state index in [1.54, 1.807) is 17.0 Å². The summed E-state index contributed by atoms with van der Waals surface area (Å²) >= 11 is 3.45. The molecular weight excluding hydrogens is 538 g/mol. The number of rotatable bonds is 6. The maximum atomic E-state index is 13.3. The predicted molar refractivity (Wildman–Crippen MR) is 149 cm³/mol. The van der Waals surface area contributed by atoms with E-state index >= 15 is 0 Å². The van der Waals surface area contributed by atoms with Crippen LogP contribution in [0.2, 0.25) is 0 Å². The van der Waals surface area contributed by atoms with E-state index in [0.717, 1.165) is 28.3 Å². The standard InChI is InChI=1S/C28H34BrN3O3S/c1-5-31(28(2,3)4)20-21-6-8-22(9-7-21)27(33)30-14-16-32(17-15-30)36(34,35)26-13-11-23-18-25(29)12-10-24(23)19-26/h6-13,18-19H,5,14-17,20H2,1-4H3. The molecule has 0 bridgehead atoms. The highest BCUT2D eigenvalue weighted by molar-refractivity contribution is 9.10. The van der Waals surface area contributed by atoms with Crippen molar-refractivity contribution in [2.75, 3.05) is 32.7 Å². The largest absolute Gasteiger partial charge is 0.336 e. The smallest absolute Gasteiger partial charge is 0.253 e. The van der Waals surface area contributed by atoms with E-state index in [0.29, 0.717) is 18.7 Å². The molecule has 4 rings (SSSR count). The molecule has 6 nitrogen and oxygen atoms in total. The average Bonchev–Trinajstić information content (AvgIpc) is 2.86. The van der Waals surface area contributed by atoms with Gasteiger partial charge in [0, 0.05) is 48.3 Å². The van der Waals surface area contributed by atoms with Crippen LogP contribution >= 0.6 is 15.9 Å². The third-order valence-corrected chi connectivity index (χ3v) is 9.23. The van der Waals surface area contributed by atoms with Gasteiger partial charge in [-0.05, 0) is 80.1 Å². The molecule has 192 valence electrons. The van der Waals surface area contributed by atoms with Gasteiger partial charge in [-0.1, -0.05) is 47.1 Å². The molecule has 1 aliphatic rings. The van der Waals surface area contributed by atoms with Gasteiger partial charge in [0.25, 0.3) is 5.91 Å². The molecule has 1 fully saturated rings. The van der Waals surface area contributed by atoms with Gasteiger partial charge < -0.3 is 4.90 Å². The first kappa shape index (κ1) is 26.8. The summed E-state index contributed by atoms with van der Waals surface area (Å²) in [5, 5.41) is 1.85. The zero-order valence-electron chi connectivity index (χ0n) is 21.4. The molecule has 0 aromatic heterocycles. The van der Waals surface area contributed by atoms with Gasteiger partial charge in [-0.25, -0.2) is 8.42 Å². The Kier molecular flexibility index (Phi) is 7.90. The monoisotopic (exact) mass is 571 g/mol. The van der Waals surface area contributed by atoms with Crippen molar-refractivity contribution in [3.05, 3.63) is 76.3 Å². The Morgan fingerprint density at radius 3 is 2.14 bits per heavy atom. The topological polar surface area (TPSA) is 60.9 Å². The Balaban J connectivity index is 1.40. The van der Waals surface area contributed by atoms with Crippen LogP contribution < -0.4 is 0 Å². The predicted octanol–water partition coefficient (Wildman–Crippen LogP) is 5.37. The molecule has 0 aliphatic carbocycles. The molecule has 0 spiro atoms. The quantitative estimate of drug-likeness (QED) is 0.399. The fraction of sp³-hybridized carbons (Fsp3) is 0.393. The first-order valence-electron chi connectivity index (χ1n) is 12.3. The van der Waals surface area contributed by atoms with Crippen LogP contribution in [0.25, 0.3) is 10.8 Å². The zero-order valence-corrected chi connectivity index (χ0v) is 23.8. The summed E-state index contributed by atoms with van der Waals surface area (Å²) in [6.07, 6.45) is 0. The zero-order chi connectivity index (χ0) is 26.1. The summed E-state index contributed by atoms with van der Waals surface area (Å²) in [4.78, 5) is 17.5. The second-order valence-corrected chi connectivity index (χ2v) is 13.1. The normalized spacial score (nSPS) is 15.6. The third kappa shape index (κ3) is 5.83. The Morgan fingerprint density at radius 1 is 0.917 bits per heavy atom. The average molecular weight is 573 g/mol. The van der Waals surface area contributed by atoms with Gasteiger partial charge in [0.2, 0.25) is 10.0 Å². The molecule has 1 heterocycles. The minimum atomic E-state index is -3.63. The number of hydrogen-bond acceptors (Lipinski definition) is 4. The number of fused-ring (bicyclic) bond motifs is 1. The van der Waals surface area contributed by atoms with Crippen LogP contribution in [0.4, 0.5) is 0 Å².